The molecule has 1 aromatic carbocycles. The predicted octanol–water partition coefficient (Wildman–Crippen LogP) is 7.07. The highest BCUT2D eigenvalue weighted by Gasteiger charge is 2.29. The highest BCUT2D eigenvalue weighted by atomic mass is 16.5. The Morgan fingerprint density at radius 2 is 1.71 bits per heavy atom. The Labute approximate surface area is 252 Å². The first-order valence-electron chi connectivity index (χ1n) is 15.6. The zero-order valence-electron chi connectivity index (χ0n) is 26.8. The number of carbonyl (C=O) groups excluding carboxylic acids is 2. The van der Waals surface area contributed by atoms with Crippen LogP contribution in [0.1, 0.15) is 98.4 Å². The Balaban J connectivity index is 0.000000495. The van der Waals surface area contributed by atoms with Crippen LogP contribution in [0.2, 0.25) is 0 Å². The molecule has 1 fully saturated rings. The van der Waals surface area contributed by atoms with Crippen LogP contribution in [0.3, 0.4) is 0 Å². The van der Waals surface area contributed by atoms with E-state index in [1.54, 1.807) is 0 Å². The molecule has 9 heteroatoms. The molecule has 4 rings (SSSR count). The minimum absolute atomic E-state index is 0.0132. The summed E-state index contributed by atoms with van der Waals surface area (Å²) in [7, 11) is 0. The van der Waals surface area contributed by atoms with E-state index in [9.17, 15) is 4.79 Å². The van der Waals surface area contributed by atoms with Crippen molar-refractivity contribution in [2.75, 3.05) is 19.8 Å². The maximum absolute atomic E-state index is 12.0. The van der Waals surface area contributed by atoms with Gasteiger partial charge in [0.25, 0.3) is 0 Å². The summed E-state index contributed by atoms with van der Waals surface area (Å²) in [4.78, 5) is 29.9. The van der Waals surface area contributed by atoms with Crippen molar-refractivity contribution >= 4 is 23.4 Å². The number of fused-ring (bicyclic) bond motifs is 1. The zero-order valence-corrected chi connectivity index (χ0v) is 26.8. The average molecular weight is 584 g/mol. The molecule has 0 aliphatic heterocycles. The Morgan fingerprint density at radius 3 is 2.29 bits per heavy atom. The molecule has 9 nitrogen and oxygen atoms in total. The molecule has 0 radical (unpaired) electrons. The van der Waals surface area contributed by atoms with Gasteiger partial charge in [0.05, 0.1) is 35.8 Å². The van der Waals surface area contributed by atoms with Crippen LogP contribution in [-0.4, -0.2) is 51.9 Å². The number of ether oxygens (including phenoxy) is 2. The molecule has 2 N–H and O–H groups in total. The molecule has 0 bridgehead atoms. The zero-order chi connectivity index (χ0) is 31.3. The minimum atomic E-state index is -0.0641. The van der Waals surface area contributed by atoms with Gasteiger partial charge in [-0.05, 0) is 58.3 Å². The number of primary amides is 1. The molecule has 1 unspecified atom stereocenters. The fraction of sp³-hybridized carbons (Fsp3) is 0.606. The van der Waals surface area contributed by atoms with Crippen molar-refractivity contribution in [3.63, 3.8) is 0 Å². The number of nitrogens with two attached hydrogens (primary N) is 1. The van der Waals surface area contributed by atoms with Crippen LogP contribution in [0.25, 0.3) is 22.3 Å². The monoisotopic (exact) mass is 583 g/mol. The molecule has 1 aliphatic carbocycles. The summed E-state index contributed by atoms with van der Waals surface area (Å²) in [6.45, 7) is 16.7. The van der Waals surface area contributed by atoms with Gasteiger partial charge in [-0.25, -0.2) is 14.6 Å². The van der Waals surface area contributed by atoms with E-state index in [4.69, 9.17) is 14.3 Å². The second-order valence-electron chi connectivity index (χ2n) is 10.1. The fourth-order valence-corrected chi connectivity index (χ4v) is 4.67. The average Bonchev–Trinajstić information content (AvgIpc) is 3.45. The maximum Gasteiger partial charge on any atom is 0.308 e. The van der Waals surface area contributed by atoms with E-state index in [0.29, 0.717) is 6.61 Å². The van der Waals surface area contributed by atoms with Crippen LogP contribution in [0.4, 0.5) is 0 Å². The minimum Gasteiger partial charge on any atom is -0.466 e. The van der Waals surface area contributed by atoms with Crippen LogP contribution in [0.15, 0.2) is 36.5 Å². The first-order chi connectivity index (χ1) is 20.4. The Kier molecular flexibility index (Phi) is 18.7. The lowest BCUT2D eigenvalue weighted by Crippen LogP contribution is -2.25. The van der Waals surface area contributed by atoms with E-state index in [-0.39, 0.29) is 24.3 Å². The Hall–Kier alpha value is -3.33. The summed E-state index contributed by atoms with van der Waals surface area (Å²) in [5.41, 5.74) is 7.03. The molecule has 234 valence electrons. The SMILES string of the molecule is CC.CCCOCCC(C)CC.CCOC(=O)C1CCC(n2ncc3c(-c4ccccc4)nc(C)nc32)CC1.NC=O. The number of amides is 1. The molecule has 2 aromatic heterocycles. The number of carbonyl (C=O) groups is 2. The van der Waals surface area contributed by atoms with Crippen LogP contribution < -0.4 is 5.73 Å². The van der Waals surface area contributed by atoms with Crippen molar-refractivity contribution in [3.05, 3.63) is 42.4 Å². The van der Waals surface area contributed by atoms with Crippen molar-refractivity contribution in [1.29, 1.82) is 0 Å². The van der Waals surface area contributed by atoms with Crippen molar-refractivity contribution in [3.8, 4) is 11.3 Å². The number of benzene rings is 1. The quantitative estimate of drug-likeness (QED) is 0.154. The third-order valence-electron chi connectivity index (χ3n) is 7.08. The Morgan fingerprint density at radius 1 is 1.07 bits per heavy atom. The number of nitrogens with zero attached hydrogens (tertiary/aromatic N) is 4. The van der Waals surface area contributed by atoms with E-state index in [1.165, 1.54) is 12.8 Å². The van der Waals surface area contributed by atoms with Gasteiger partial charge < -0.3 is 15.2 Å². The van der Waals surface area contributed by atoms with E-state index in [2.05, 4.69) is 53.7 Å². The van der Waals surface area contributed by atoms with Crippen LogP contribution in [0.5, 0.6) is 0 Å². The second-order valence-corrected chi connectivity index (χ2v) is 10.1. The van der Waals surface area contributed by atoms with Gasteiger partial charge in [-0.2, -0.15) is 5.10 Å². The molecule has 1 aliphatic rings. The van der Waals surface area contributed by atoms with E-state index >= 15 is 0 Å². The molecule has 1 atom stereocenters. The van der Waals surface area contributed by atoms with Crippen molar-refractivity contribution < 1.29 is 19.1 Å². The maximum atomic E-state index is 12.0. The third-order valence-corrected chi connectivity index (χ3v) is 7.08. The highest BCUT2D eigenvalue weighted by Crippen LogP contribution is 2.35. The van der Waals surface area contributed by atoms with Crippen molar-refractivity contribution in [2.24, 2.45) is 17.6 Å². The normalized spacial score (nSPS) is 16.5. The summed E-state index contributed by atoms with van der Waals surface area (Å²) in [5, 5.41) is 5.62. The van der Waals surface area contributed by atoms with Gasteiger partial charge in [0, 0.05) is 18.8 Å². The summed E-state index contributed by atoms with van der Waals surface area (Å²) >= 11 is 0. The molecule has 0 spiro atoms. The first-order valence-corrected chi connectivity index (χ1v) is 15.6. The molecule has 0 saturated heterocycles. The predicted molar refractivity (Wildman–Crippen MR) is 170 cm³/mol. The van der Waals surface area contributed by atoms with Crippen LogP contribution >= 0.6 is 0 Å². The third kappa shape index (κ3) is 11.9. The van der Waals surface area contributed by atoms with Gasteiger partial charge in [0.1, 0.15) is 5.82 Å². The van der Waals surface area contributed by atoms with Gasteiger partial charge in [0.2, 0.25) is 6.41 Å². The van der Waals surface area contributed by atoms with E-state index in [1.807, 2.05) is 56.8 Å². The van der Waals surface area contributed by atoms with Crippen LogP contribution in [0, 0.1) is 18.8 Å². The molecular formula is C33H53N5O4. The Bertz CT molecular complexity index is 1140. The highest BCUT2D eigenvalue weighted by molar-refractivity contribution is 5.90. The summed E-state index contributed by atoms with van der Waals surface area (Å²) in [6, 6.07) is 10.4. The number of aromatic nitrogens is 4. The lowest BCUT2D eigenvalue weighted by Gasteiger charge is -2.27. The van der Waals surface area contributed by atoms with Gasteiger partial charge in [0.15, 0.2) is 5.65 Å². The second kappa shape index (κ2) is 21.4. The van der Waals surface area contributed by atoms with Gasteiger partial charge >= 0.3 is 5.97 Å². The number of hydrogen-bond acceptors (Lipinski definition) is 7. The van der Waals surface area contributed by atoms with Crippen LogP contribution in [-0.2, 0) is 19.1 Å². The molecule has 1 saturated carbocycles. The molecule has 2 heterocycles. The number of rotatable bonds is 10. The molecule has 42 heavy (non-hydrogen) atoms. The topological polar surface area (TPSA) is 122 Å². The molecular weight excluding hydrogens is 530 g/mol. The summed E-state index contributed by atoms with van der Waals surface area (Å²) in [6.07, 6.45) is 9.23. The van der Waals surface area contributed by atoms with Gasteiger partial charge in [-0.3, -0.25) is 9.59 Å². The smallest absolute Gasteiger partial charge is 0.308 e. The number of hydrogen-bond donors (Lipinski definition) is 1. The molecule has 1 amide bonds. The standard InChI is InChI=1S/C21H24N4O2.C9H20O.C2H6.CH3NO/c1-3-27-21(26)16-9-11-17(12-10-16)25-20-18(13-22-25)19(23-14(2)24-20)15-7-5-4-6-8-15;1-4-7-10-8-6-9(3)5-2;1-2;2-1-3/h4-8,13,16-17H,3,9-12H2,1-2H3;9H,4-8H2,1-3H3;1-2H3;1H,(H2,2,3). The first kappa shape index (κ1) is 36.7. The fourth-order valence-electron chi connectivity index (χ4n) is 4.67. The summed E-state index contributed by atoms with van der Waals surface area (Å²) < 4.78 is 12.6. The lowest BCUT2D eigenvalue weighted by molar-refractivity contribution is -0.149. The largest absolute Gasteiger partial charge is 0.466 e. The summed E-state index contributed by atoms with van der Waals surface area (Å²) in [5.74, 6) is 1.52. The lowest BCUT2D eigenvalue weighted by atomic mass is 9.86. The van der Waals surface area contributed by atoms with Crippen molar-refractivity contribution in [1.82, 2.24) is 19.7 Å². The van der Waals surface area contributed by atoms with E-state index in [0.717, 1.165) is 79.4 Å². The molecule has 3 aromatic rings. The number of esters is 1. The van der Waals surface area contributed by atoms with E-state index < -0.39 is 0 Å². The van der Waals surface area contributed by atoms with Gasteiger partial charge in [-0.1, -0.05) is 71.4 Å². The van der Waals surface area contributed by atoms with Crippen molar-refractivity contribution in [2.45, 2.75) is 99.5 Å². The van der Waals surface area contributed by atoms with Gasteiger partial charge in [-0.15, -0.1) is 0 Å². The number of aryl methyl sites for hydroxylation is 1.